The van der Waals surface area contributed by atoms with Gasteiger partial charge >= 0.3 is 0 Å². The van der Waals surface area contributed by atoms with Crippen LogP contribution in [0.1, 0.15) is 27.7 Å². The number of hydrogen-bond acceptors (Lipinski definition) is 6. The van der Waals surface area contributed by atoms with Crippen molar-refractivity contribution in [1.82, 2.24) is 9.80 Å². The number of rotatable bonds is 8. The summed E-state index contributed by atoms with van der Waals surface area (Å²) in [6.45, 7) is 4.89. The van der Waals surface area contributed by atoms with Gasteiger partial charge in [-0.25, -0.2) is 4.39 Å². The van der Waals surface area contributed by atoms with Gasteiger partial charge in [0.2, 0.25) is 5.76 Å². The van der Waals surface area contributed by atoms with Gasteiger partial charge in [-0.15, -0.1) is 0 Å². The molecule has 1 aromatic heterocycles. The lowest BCUT2D eigenvalue weighted by atomic mass is 9.98. The Bertz CT molecular complexity index is 1280. The number of halogens is 1. The number of amides is 1. The Labute approximate surface area is 190 Å². The Morgan fingerprint density at radius 1 is 1.18 bits per heavy atom. The van der Waals surface area contributed by atoms with Crippen LogP contribution in [0.3, 0.4) is 0 Å². The molecule has 172 valence electrons. The smallest absolute Gasteiger partial charge is 0.290 e. The SMILES string of the molecule is C=CCOc1ccc(C2c3c(oc4ccc(F)cc4c3=O)C(=O)N2CCN(C)C)cc1OC. The summed E-state index contributed by atoms with van der Waals surface area (Å²) in [7, 11) is 5.32. The van der Waals surface area contributed by atoms with Crippen LogP contribution >= 0.6 is 0 Å². The summed E-state index contributed by atoms with van der Waals surface area (Å²) in [5.74, 6) is 0.0163. The number of hydrogen-bond donors (Lipinski definition) is 0. The Morgan fingerprint density at radius 3 is 2.67 bits per heavy atom. The molecule has 1 aliphatic rings. The fraction of sp³-hybridized carbons (Fsp3) is 0.280. The highest BCUT2D eigenvalue weighted by Gasteiger charge is 2.42. The molecule has 0 N–H and O–H groups in total. The van der Waals surface area contributed by atoms with Crippen molar-refractivity contribution in [3.8, 4) is 11.5 Å². The molecule has 0 radical (unpaired) electrons. The van der Waals surface area contributed by atoms with Gasteiger partial charge in [-0.1, -0.05) is 18.7 Å². The molecule has 0 aliphatic carbocycles. The van der Waals surface area contributed by atoms with Crippen LogP contribution in [-0.2, 0) is 0 Å². The van der Waals surface area contributed by atoms with Gasteiger partial charge in [0.05, 0.1) is 24.1 Å². The van der Waals surface area contributed by atoms with E-state index in [4.69, 9.17) is 13.9 Å². The lowest BCUT2D eigenvalue weighted by Crippen LogP contribution is -2.35. The topological polar surface area (TPSA) is 72.2 Å². The second kappa shape index (κ2) is 9.07. The average Bonchev–Trinajstić information content (AvgIpc) is 3.08. The standard InChI is InChI=1S/C25H25FN2O5/c1-5-12-32-19-8-6-15(13-20(19)31-4)22-21-23(29)17-14-16(26)7-9-18(17)33-24(21)25(30)28(22)11-10-27(2)3/h5-9,13-14,22H,1,10-12H2,2-4H3. The molecule has 0 saturated heterocycles. The molecule has 33 heavy (non-hydrogen) atoms. The Balaban J connectivity index is 1.90. The molecule has 2 heterocycles. The van der Waals surface area contributed by atoms with Crippen LogP contribution in [0.2, 0.25) is 0 Å². The summed E-state index contributed by atoms with van der Waals surface area (Å²) in [5, 5.41) is 0.0962. The van der Waals surface area contributed by atoms with Gasteiger partial charge in [0.1, 0.15) is 18.0 Å². The summed E-state index contributed by atoms with van der Waals surface area (Å²) in [6, 6.07) is 8.25. The molecular weight excluding hydrogens is 427 g/mol. The third-order valence-corrected chi connectivity index (χ3v) is 5.58. The van der Waals surface area contributed by atoms with Gasteiger partial charge in [-0.2, -0.15) is 0 Å². The molecule has 2 aromatic carbocycles. The van der Waals surface area contributed by atoms with Crippen molar-refractivity contribution in [3.05, 3.63) is 82.0 Å². The maximum absolute atomic E-state index is 13.9. The second-order valence-corrected chi connectivity index (χ2v) is 8.03. The van der Waals surface area contributed by atoms with E-state index in [9.17, 15) is 14.0 Å². The van der Waals surface area contributed by atoms with Crippen molar-refractivity contribution in [3.63, 3.8) is 0 Å². The van der Waals surface area contributed by atoms with Crippen molar-refractivity contribution >= 4 is 16.9 Å². The molecule has 4 rings (SSSR count). The monoisotopic (exact) mass is 452 g/mol. The number of fused-ring (bicyclic) bond motifs is 2. The number of benzene rings is 2. The van der Waals surface area contributed by atoms with Crippen LogP contribution in [0, 0.1) is 5.82 Å². The highest BCUT2D eigenvalue weighted by Crippen LogP contribution is 2.40. The zero-order valence-corrected chi connectivity index (χ0v) is 18.8. The van der Waals surface area contributed by atoms with Crippen LogP contribution in [-0.4, -0.2) is 56.6 Å². The Kier molecular flexibility index (Phi) is 6.20. The molecule has 1 amide bonds. The van der Waals surface area contributed by atoms with Crippen molar-refractivity contribution in [2.45, 2.75) is 6.04 Å². The molecular formula is C25H25FN2O5. The highest BCUT2D eigenvalue weighted by atomic mass is 19.1. The van der Waals surface area contributed by atoms with Crippen LogP contribution < -0.4 is 14.9 Å². The van der Waals surface area contributed by atoms with Crippen LogP contribution in [0.25, 0.3) is 11.0 Å². The fourth-order valence-electron chi connectivity index (χ4n) is 4.00. The number of carbonyl (C=O) groups is 1. The number of nitrogens with zero attached hydrogens (tertiary/aromatic N) is 2. The molecule has 1 unspecified atom stereocenters. The number of ether oxygens (including phenoxy) is 2. The maximum atomic E-state index is 13.9. The minimum atomic E-state index is -0.710. The molecule has 1 aliphatic heterocycles. The van der Waals surface area contributed by atoms with E-state index in [2.05, 4.69) is 6.58 Å². The van der Waals surface area contributed by atoms with Gasteiger partial charge in [0.25, 0.3) is 5.91 Å². The lowest BCUT2D eigenvalue weighted by Gasteiger charge is -2.27. The predicted molar refractivity (Wildman–Crippen MR) is 123 cm³/mol. The summed E-state index contributed by atoms with van der Waals surface area (Å²) < 4.78 is 30.9. The van der Waals surface area contributed by atoms with E-state index >= 15 is 0 Å². The first-order valence-electron chi connectivity index (χ1n) is 10.5. The van der Waals surface area contributed by atoms with Crippen molar-refractivity contribution in [2.24, 2.45) is 0 Å². The van der Waals surface area contributed by atoms with E-state index in [1.165, 1.54) is 19.2 Å². The number of likely N-dealkylation sites (N-methyl/N-ethyl adjacent to an activating group) is 1. The second-order valence-electron chi connectivity index (χ2n) is 8.03. The molecule has 0 fully saturated rings. The van der Waals surface area contributed by atoms with E-state index in [1.54, 1.807) is 29.2 Å². The number of methoxy groups -OCH3 is 1. The molecule has 0 spiro atoms. The maximum Gasteiger partial charge on any atom is 0.290 e. The molecule has 7 nitrogen and oxygen atoms in total. The first kappa shape index (κ1) is 22.5. The first-order chi connectivity index (χ1) is 15.8. The first-order valence-corrected chi connectivity index (χ1v) is 10.5. The van der Waals surface area contributed by atoms with E-state index in [0.29, 0.717) is 36.8 Å². The largest absolute Gasteiger partial charge is 0.493 e. The normalized spacial score (nSPS) is 15.2. The van der Waals surface area contributed by atoms with E-state index in [1.807, 2.05) is 19.0 Å². The van der Waals surface area contributed by atoms with Crippen LogP contribution in [0.5, 0.6) is 11.5 Å². The van der Waals surface area contributed by atoms with Crippen LogP contribution in [0.4, 0.5) is 4.39 Å². The van der Waals surface area contributed by atoms with E-state index in [0.717, 1.165) is 6.07 Å². The van der Waals surface area contributed by atoms with Crippen molar-refractivity contribution < 1.29 is 23.1 Å². The predicted octanol–water partition coefficient (Wildman–Crippen LogP) is 3.61. The van der Waals surface area contributed by atoms with E-state index in [-0.39, 0.29) is 28.2 Å². The van der Waals surface area contributed by atoms with Gasteiger partial charge in [-0.3, -0.25) is 9.59 Å². The van der Waals surface area contributed by atoms with Gasteiger partial charge < -0.3 is 23.7 Å². The highest BCUT2D eigenvalue weighted by molar-refractivity contribution is 5.99. The zero-order chi connectivity index (χ0) is 23.7. The molecule has 3 aromatic rings. The minimum Gasteiger partial charge on any atom is -0.493 e. The van der Waals surface area contributed by atoms with Crippen molar-refractivity contribution in [2.75, 3.05) is 40.9 Å². The summed E-state index contributed by atoms with van der Waals surface area (Å²) in [4.78, 5) is 30.4. The average molecular weight is 452 g/mol. The quantitative estimate of drug-likeness (QED) is 0.486. The van der Waals surface area contributed by atoms with Gasteiger partial charge in [0, 0.05) is 13.1 Å². The summed E-state index contributed by atoms with van der Waals surface area (Å²) >= 11 is 0. The van der Waals surface area contributed by atoms with E-state index < -0.39 is 17.3 Å². The van der Waals surface area contributed by atoms with Crippen molar-refractivity contribution in [1.29, 1.82) is 0 Å². The molecule has 0 saturated carbocycles. The van der Waals surface area contributed by atoms with Gasteiger partial charge in [0.15, 0.2) is 16.9 Å². The molecule has 0 bridgehead atoms. The third kappa shape index (κ3) is 4.09. The van der Waals surface area contributed by atoms with Gasteiger partial charge in [-0.05, 0) is 50.0 Å². The third-order valence-electron chi connectivity index (χ3n) is 5.58. The fourth-order valence-corrected chi connectivity index (χ4v) is 4.00. The minimum absolute atomic E-state index is 0.0196. The Morgan fingerprint density at radius 2 is 1.97 bits per heavy atom. The summed E-state index contributed by atoms with van der Waals surface area (Å²) in [6.07, 6.45) is 1.62. The lowest BCUT2D eigenvalue weighted by molar-refractivity contribution is 0.0716. The molecule has 8 heteroatoms. The Hall–Kier alpha value is -3.65. The number of carbonyl (C=O) groups excluding carboxylic acids is 1. The zero-order valence-electron chi connectivity index (χ0n) is 18.8. The molecule has 1 atom stereocenters. The summed E-state index contributed by atoms with van der Waals surface area (Å²) in [5.41, 5.74) is 0.597. The van der Waals surface area contributed by atoms with Crippen LogP contribution in [0.15, 0.2) is 58.3 Å².